The van der Waals surface area contributed by atoms with Gasteiger partial charge in [0.15, 0.2) is 6.10 Å². The number of aliphatic carboxylic acids is 1. The Labute approximate surface area is 162 Å². The molecule has 5 heteroatoms. The fourth-order valence-corrected chi connectivity index (χ4v) is 2.85. The van der Waals surface area contributed by atoms with E-state index in [9.17, 15) is 9.90 Å². The van der Waals surface area contributed by atoms with Crippen LogP contribution in [0.3, 0.4) is 0 Å². The van der Waals surface area contributed by atoms with E-state index in [0.717, 1.165) is 5.56 Å². The zero-order valence-electron chi connectivity index (χ0n) is 14.8. The molecule has 1 atom stereocenters. The van der Waals surface area contributed by atoms with E-state index in [4.69, 9.17) is 21.1 Å². The summed E-state index contributed by atoms with van der Waals surface area (Å²) in [5.74, 6) is 0.661. The van der Waals surface area contributed by atoms with Crippen LogP contribution in [0.25, 0.3) is 0 Å². The van der Waals surface area contributed by atoms with Crippen LogP contribution in [-0.2, 0) is 11.2 Å². The molecule has 3 rings (SSSR count). The van der Waals surface area contributed by atoms with Crippen molar-refractivity contribution in [3.8, 4) is 17.2 Å². The first-order valence-electron chi connectivity index (χ1n) is 8.49. The Morgan fingerprint density at radius 3 is 2.44 bits per heavy atom. The summed E-state index contributed by atoms with van der Waals surface area (Å²) in [6.07, 6.45) is -0.949. The molecule has 0 aliphatic carbocycles. The zero-order valence-corrected chi connectivity index (χ0v) is 15.5. The van der Waals surface area contributed by atoms with Crippen molar-refractivity contribution in [2.45, 2.75) is 19.4 Å². The van der Waals surface area contributed by atoms with Gasteiger partial charge in [0.25, 0.3) is 0 Å². The van der Waals surface area contributed by atoms with Gasteiger partial charge in [-0.05, 0) is 55.0 Å². The number of ether oxygens (including phenoxy) is 2. The highest BCUT2D eigenvalue weighted by atomic mass is 35.5. The number of hydrogen-bond acceptors (Lipinski definition) is 3. The molecule has 0 amide bonds. The lowest BCUT2D eigenvalue weighted by Gasteiger charge is -2.18. The molecule has 0 spiro atoms. The number of hydrogen-bond donors (Lipinski definition) is 1. The maximum absolute atomic E-state index is 11.7. The number of para-hydroxylation sites is 1. The standard InChI is InChI=1S/C22H19ClO4/c1-15-6-5-9-19(12-15)27-21(22(24)25)14-16-13-17(23)10-11-20(16)26-18-7-3-2-4-8-18/h2-13,21H,14H2,1H3,(H,24,25)/t21-/m1/s1. The minimum atomic E-state index is -1.07. The third kappa shape index (κ3) is 5.25. The first kappa shape index (κ1) is 18.8. The average Bonchev–Trinajstić information content (AvgIpc) is 2.64. The van der Waals surface area contributed by atoms with Gasteiger partial charge in [-0.25, -0.2) is 4.79 Å². The van der Waals surface area contributed by atoms with E-state index in [2.05, 4.69) is 0 Å². The third-order valence-electron chi connectivity index (χ3n) is 3.94. The predicted molar refractivity (Wildman–Crippen MR) is 105 cm³/mol. The molecule has 0 radical (unpaired) electrons. The number of aryl methyl sites for hydroxylation is 1. The minimum Gasteiger partial charge on any atom is -0.478 e. The van der Waals surface area contributed by atoms with Crippen molar-refractivity contribution in [3.63, 3.8) is 0 Å². The van der Waals surface area contributed by atoms with Crippen LogP contribution in [-0.4, -0.2) is 17.2 Å². The van der Waals surface area contributed by atoms with Gasteiger partial charge >= 0.3 is 5.97 Å². The first-order valence-corrected chi connectivity index (χ1v) is 8.86. The molecule has 3 aromatic carbocycles. The summed E-state index contributed by atoms with van der Waals surface area (Å²) in [5, 5.41) is 10.1. The van der Waals surface area contributed by atoms with E-state index in [1.807, 2.05) is 49.4 Å². The van der Waals surface area contributed by atoms with Crippen molar-refractivity contribution in [1.82, 2.24) is 0 Å². The highest BCUT2D eigenvalue weighted by Crippen LogP contribution is 2.29. The Morgan fingerprint density at radius 1 is 1.00 bits per heavy atom. The van der Waals surface area contributed by atoms with Crippen LogP contribution in [0.15, 0.2) is 72.8 Å². The Morgan fingerprint density at radius 2 is 1.74 bits per heavy atom. The van der Waals surface area contributed by atoms with Crippen LogP contribution in [0.4, 0.5) is 0 Å². The van der Waals surface area contributed by atoms with Crippen molar-refractivity contribution in [2.24, 2.45) is 0 Å². The molecule has 3 aromatic rings. The van der Waals surface area contributed by atoms with Gasteiger partial charge in [0.2, 0.25) is 0 Å². The molecule has 0 unspecified atom stereocenters. The van der Waals surface area contributed by atoms with Crippen molar-refractivity contribution in [3.05, 3.63) is 88.9 Å². The normalized spacial score (nSPS) is 11.6. The van der Waals surface area contributed by atoms with Gasteiger partial charge in [-0.15, -0.1) is 0 Å². The molecule has 27 heavy (non-hydrogen) atoms. The second-order valence-corrected chi connectivity index (χ2v) is 6.57. The van der Waals surface area contributed by atoms with Crippen molar-refractivity contribution in [1.29, 1.82) is 0 Å². The van der Waals surface area contributed by atoms with Crippen LogP contribution >= 0.6 is 11.6 Å². The topological polar surface area (TPSA) is 55.8 Å². The fraction of sp³-hybridized carbons (Fsp3) is 0.136. The molecule has 4 nitrogen and oxygen atoms in total. The van der Waals surface area contributed by atoms with E-state index in [1.165, 1.54) is 0 Å². The molecule has 0 aliphatic heterocycles. The molecule has 0 bridgehead atoms. The quantitative estimate of drug-likeness (QED) is 0.585. The first-order chi connectivity index (χ1) is 13.0. The zero-order chi connectivity index (χ0) is 19.2. The lowest BCUT2D eigenvalue weighted by atomic mass is 10.1. The number of carboxylic acids is 1. The summed E-state index contributed by atoms with van der Waals surface area (Å²) in [4.78, 5) is 11.7. The van der Waals surface area contributed by atoms with E-state index in [0.29, 0.717) is 27.8 Å². The molecule has 138 valence electrons. The Hall–Kier alpha value is -2.98. The minimum absolute atomic E-state index is 0.117. The molecule has 0 heterocycles. The fourth-order valence-electron chi connectivity index (χ4n) is 2.65. The lowest BCUT2D eigenvalue weighted by molar-refractivity contribution is -0.145. The maximum Gasteiger partial charge on any atom is 0.345 e. The van der Waals surface area contributed by atoms with Crippen LogP contribution < -0.4 is 9.47 Å². The predicted octanol–water partition coefficient (Wildman–Crippen LogP) is 5.52. The number of benzene rings is 3. The number of carboxylic acid groups (broad SMARTS) is 1. The molecule has 0 aromatic heterocycles. The molecular weight excluding hydrogens is 364 g/mol. The van der Waals surface area contributed by atoms with E-state index < -0.39 is 12.1 Å². The molecule has 0 saturated carbocycles. The van der Waals surface area contributed by atoms with Gasteiger partial charge in [0, 0.05) is 17.0 Å². The molecule has 0 aliphatic rings. The van der Waals surface area contributed by atoms with Gasteiger partial charge in [-0.1, -0.05) is 41.9 Å². The number of halogens is 1. The third-order valence-corrected chi connectivity index (χ3v) is 4.18. The maximum atomic E-state index is 11.7. The summed E-state index contributed by atoms with van der Waals surface area (Å²) in [6.45, 7) is 1.92. The van der Waals surface area contributed by atoms with Crippen molar-refractivity contribution >= 4 is 17.6 Å². The van der Waals surface area contributed by atoms with E-state index >= 15 is 0 Å². The van der Waals surface area contributed by atoms with Gasteiger partial charge in [0.05, 0.1) is 0 Å². The van der Waals surface area contributed by atoms with Crippen LogP contribution in [0.1, 0.15) is 11.1 Å². The van der Waals surface area contributed by atoms with Gasteiger partial charge in [-0.2, -0.15) is 0 Å². The summed E-state index contributed by atoms with van der Waals surface area (Å²) in [7, 11) is 0. The van der Waals surface area contributed by atoms with E-state index in [1.54, 1.807) is 30.3 Å². The van der Waals surface area contributed by atoms with Crippen molar-refractivity contribution < 1.29 is 19.4 Å². The average molecular weight is 383 g/mol. The molecular formula is C22H19ClO4. The van der Waals surface area contributed by atoms with Gasteiger partial charge in [-0.3, -0.25) is 0 Å². The highest BCUT2D eigenvalue weighted by molar-refractivity contribution is 6.30. The van der Waals surface area contributed by atoms with Crippen LogP contribution in [0.5, 0.6) is 17.2 Å². The van der Waals surface area contributed by atoms with Gasteiger partial charge in [0.1, 0.15) is 17.2 Å². The highest BCUT2D eigenvalue weighted by Gasteiger charge is 2.22. The summed E-state index contributed by atoms with van der Waals surface area (Å²) in [6, 6.07) is 21.7. The lowest BCUT2D eigenvalue weighted by Crippen LogP contribution is -2.29. The summed E-state index contributed by atoms with van der Waals surface area (Å²) >= 11 is 6.12. The molecule has 0 saturated heterocycles. The van der Waals surface area contributed by atoms with Gasteiger partial charge < -0.3 is 14.6 Å². The smallest absolute Gasteiger partial charge is 0.345 e. The Balaban J connectivity index is 1.85. The monoisotopic (exact) mass is 382 g/mol. The second kappa shape index (κ2) is 8.60. The molecule has 0 fully saturated rings. The van der Waals surface area contributed by atoms with Crippen molar-refractivity contribution in [2.75, 3.05) is 0 Å². The second-order valence-electron chi connectivity index (χ2n) is 6.13. The number of rotatable bonds is 7. The van der Waals surface area contributed by atoms with Crippen LogP contribution in [0.2, 0.25) is 5.02 Å². The Kier molecular flexibility index (Phi) is 5.99. The van der Waals surface area contributed by atoms with Crippen LogP contribution in [0, 0.1) is 6.92 Å². The van der Waals surface area contributed by atoms with E-state index in [-0.39, 0.29) is 6.42 Å². The Bertz CT molecular complexity index is 925. The largest absolute Gasteiger partial charge is 0.478 e. The summed E-state index contributed by atoms with van der Waals surface area (Å²) < 4.78 is 11.6. The molecule has 1 N–H and O–H groups in total. The summed E-state index contributed by atoms with van der Waals surface area (Å²) in [5.41, 5.74) is 1.65. The SMILES string of the molecule is Cc1cccc(O[C@H](Cc2cc(Cl)ccc2Oc2ccccc2)C(=O)O)c1. The number of carbonyl (C=O) groups is 1.